The van der Waals surface area contributed by atoms with Gasteiger partial charge in [0.1, 0.15) is 22.5 Å². The molecule has 1 N–H and O–H groups in total. The number of hydrogen-bond donors (Lipinski definition) is 1. The lowest BCUT2D eigenvalue weighted by Gasteiger charge is -2.22. The Hall–Kier alpha value is -3.86. The van der Waals surface area contributed by atoms with Crippen LogP contribution in [0.25, 0.3) is 26.8 Å². The zero-order valence-corrected chi connectivity index (χ0v) is 18.3. The number of aromatic nitrogens is 4. The van der Waals surface area contributed by atoms with Gasteiger partial charge in [0.15, 0.2) is 5.82 Å². The van der Waals surface area contributed by atoms with Crippen molar-refractivity contribution in [2.45, 2.75) is 19.1 Å². The summed E-state index contributed by atoms with van der Waals surface area (Å²) in [6.45, 7) is 1.73. The Morgan fingerprint density at radius 2 is 1.85 bits per heavy atom. The van der Waals surface area contributed by atoms with E-state index in [1.54, 1.807) is 12.4 Å². The van der Waals surface area contributed by atoms with E-state index in [1.807, 2.05) is 0 Å². The van der Waals surface area contributed by atoms with Crippen molar-refractivity contribution >= 4 is 38.3 Å². The molecular weight excluding hydrogens is 470 g/mol. The number of thiazole rings is 1. The smallest absolute Gasteiger partial charge is 0.360 e. The van der Waals surface area contributed by atoms with E-state index in [2.05, 4.69) is 20.3 Å². The van der Waals surface area contributed by atoms with Crippen molar-refractivity contribution in [1.82, 2.24) is 19.5 Å². The summed E-state index contributed by atoms with van der Waals surface area (Å²) in [5.74, 6) is -0.221. The first kappa shape index (κ1) is 22.0. The lowest BCUT2D eigenvalue weighted by molar-refractivity contribution is -0.136. The molecule has 0 fully saturated rings. The van der Waals surface area contributed by atoms with Crippen molar-refractivity contribution in [2.24, 2.45) is 0 Å². The minimum atomic E-state index is -4.74. The Bertz CT molecular complexity index is 1590. The summed E-state index contributed by atoms with van der Waals surface area (Å²) >= 11 is 1.33. The standard InChI is InChI=1S/C23H15F4N5OS/c1-12(31-20-19-21(29-10-28-20)34-11-30-19)17-8-13-4-2-7-16(23(25,26)27)18(13)22(33)32(17)15-6-3-5-14(24)9-15/h2-12H,1H3,(H,28,29,31). The maximum absolute atomic E-state index is 14.1. The number of anilines is 1. The van der Waals surface area contributed by atoms with Crippen LogP contribution in [-0.4, -0.2) is 19.5 Å². The third-order valence-electron chi connectivity index (χ3n) is 5.38. The Balaban J connectivity index is 1.76. The molecule has 0 spiro atoms. The summed E-state index contributed by atoms with van der Waals surface area (Å²) in [7, 11) is 0. The summed E-state index contributed by atoms with van der Waals surface area (Å²) in [6, 6.07) is 9.59. The molecule has 5 aromatic rings. The van der Waals surface area contributed by atoms with E-state index in [0.29, 0.717) is 21.9 Å². The van der Waals surface area contributed by atoms with Crippen molar-refractivity contribution < 1.29 is 17.6 Å². The predicted octanol–water partition coefficient (Wildman–Crippen LogP) is 5.72. The Labute approximate surface area is 193 Å². The third kappa shape index (κ3) is 3.77. The fourth-order valence-electron chi connectivity index (χ4n) is 3.90. The minimum Gasteiger partial charge on any atom is -0.360 e. The molecule has 0 bridgehead atoms. The van der Waals surface area contributed by atoms with Crippen LogP contribution >= 0.6 is 11.3 Å². The van der Waals surface area contributed by atoms with Gasteiger partial charge < -0.3 is 5.32 Å². The molecule has 11 heteroatoms. The molecule has 0 amide bonds. The second kappa shape index (κ2) is 8.17. The minimum absolute atomic E-state index is 0.106. The molecule has 0 saturated carbocycles. The van der Waals surface area contributed by atoms with Crippen LogP contribution in [0.1, 0.15) is 24.2 Å². The van der Waals surface area contributed by atoms with Crippen molar-refractivity contribution in [1.29, 1.82) is 0 Å². The number of nitrogens with zero attached hydrogens (tertiary/aromatic N) is 4. The van der Waals surface area contributed by atoms with Gasteiger partial charge >= 0.3 is 6.18 Å². The SMILES string of the molecule is CC(Nc1ncnc2scnc12)c1cc2cccc(C(F)(F)F)c2c(=O)n1-c1cccc(F)c1. The van der Waals surface area contributed by atoms with E-state index in [-0.39, 0.29) is 11.1 Å². The van der Waals surface area contributed by atoms with Crippen LogP contribution in [0, 0.1) is 5.82 Å². The van der Waals surface area contributed by atoms with Gasteiger partial charge in [0.05, 0.1) is 28.2 Å². The van der Waals surface area contributed by atoms with Crippen molar-refractivity contribution in [3.8, 4) is 5.69 Å². The summed E-state index contributed by atoms with van der Waals surface area (Å²) in [6.07, 6.45) is -3.37. The normalized spacial score (nSPS) is 12.9. The van der Waals surface area contributed by atoms with Gasteiger partial charge in [-0.1, -0.05) is 18.2 Å². The maximum Gasteiger partial charge on any atom is 0.417 e. The number of nitrogens with one attached hydrogen (secondary N) is 1. The summed E-state index contributed by atoms with van der Waals surface area (Å²) < 4.78 is 56.3. The van der Waals surface area contributed by atoms with Crippen molar-refractivity contribution in [2.75, 3.05) is 5.32 Å². The molecule has 172 valence electrons. The van der Waals surface area contributed by atoms with Gasteiger partial charge in [0.25, 0.3) is 5.56 Å². The predicted molar refractivity (Wildman–Crippen MR) is 122 cm³/mol. The monoisotopic (exact) mass is 485 g/mol. The summed E-state index contributed by atoms with van der Waals surface area (Å²) in [5, 5.41) is 2.80. The Morgan fingerprint density at radius 3 is 2.62 bits per heavy atom. The largest absolute Gasteiger partial charge is 0.417 e. The lowest BCUT2D eigenvalue weighted by atomic mass is 10.0. The second-order valence-electron chi connectivity index (χ2n) is 7.55. The Kier molecular flexibility index (Phi) is 5.28. The second-order valence-corrected chi connectivity index (χ2v) is 8.38. The van der Waals surface area contributed by atoms with Gasteiger partial charge in [-0.25, -0.2) is 19.3 Å². The van der Waals surface area contributed by atoms with E-state index in [0.717, 1.165) is 16.7 Å². The van der Waals surface area contributed by atoms with Gasteiger partial charge in [-0.05, 0) is 42.6 Å². The maximum atomic E-state index is 14.1. The highest BCUT2D eigenvalue weighted by Crippen LogP contribution is 2.35. The average molecular weight is 485 g/mol. The highest BCUT2D eigenvalue weighted by atomic mass is 32.1. The van der Waals surface area contributed by atoms with Gasteiger partial charge in [-0.2, -0.15) is 13.2 Å². The number of fused-ring (bicyclic) bond motifs is 2. The van der Waals surface area contributed by atoms with Crippen LogP contribution in [0.3, 0.4) is 0 Å². The zero-order valence-electron chi connectivity index (χ0n) is 17.5. The number of halogens is 4. The molecule has 0 saturated heterocycles. The number of rotatable bonds is 4. The van der Waals surface area contributed by atoms with Gasteiger partial charge in [-0.15, -0.1) is 11.3 Å². The lowest BCUT2D eigenvalue weighted by Crippen LogP contribution is -2.27. The van der Waals surface area contributed by atoms with E-state index in [4.69, 9.17) is 0 Å². The molecule has 34 heavy (non-hydrogen) atoms. The first-order valence-corrected chi connectivity index (χ1v) is 10.9. The fourth-order valence-corrected chi connectivity index (χ4v) is 4.52. The fraction of sp³-hybridized carbons (Fsp3) is 0.130. The highest BCUT2D eigenvalue weighted by molar-refractivity contribution is 7.16. The van der Waals surface area contributed by atoms with E-state index in [1.165, 1.54) is 54.1 Å². The van der Waals surface area contributed by atoms with Gasteiger partial charge in [0.2, 0.25) is 0 Å². The molecule has 3 aromatic heterocycles. The number of hydrogen-bond acceptors (Lipinski definition) is 6. The molecule has 2 aromatic carbocycles. The third-order valence-corrected chi connectivity index (χ3v) is 6.11. The van der Waals surface area contributed by atoms with Crippen LogP contribution < -0.4 is 10.9 Å². The molecule has 5 rings (SSSR count). The summed E-state index contributed by atoms with van der Waals surface area (Å²) in [5.41, 5.74) is 0.623. The van der Waals surface area contributed by atoms with Crippen LogP contribution in [0.2, 0.25) is 0 Å². The molecule has 0 aliphatic carbocycles. The zero-order chi connectivity index (χ0) is 24.0. The van der Waals surface area contributed by atoms with E-state index >= 15 is 0 Å². The number of benzene rings is 2. The molecule has 6 nitrogen and oxygen atoms in total. The van der Waals surface area contributed by atoms with E-state index < -0.39 is 34.5 Å². The topological polar surface area (TPSA) is 72.7 Å². The first-order chi connectivity index (χ1) is 16.2. The average Bonchev–Trinajstić information content (AvgIpc) is 3.28. The van der Waals surface area contributed by atoms with Gasteiger partial charge in [-0.3, -0.25) is 9.36 Å². The molecule has 0 aliphatic rings. The van der Waals surface area contributed by atoms with Crippen LogP contribution in [-0.2, 0) is 6.18 Å². The Morgan fingerprint density at radius 1 is 1.06 bits per heavy atom. The van der Waals surface area contributed by atoms with Gasteiger partial charge in [0, 0.05) is 5.69 Å². The van der Waals surface area contributed by atoms with Crippen molar-refractivity contribution in [3.63, 3.8) is 0 Å². The molecule has 0 aliphatic heterocycles. The number of pyridine rings is 1. The molecular formula is C23H15F4N5OS. The van der Waals surface area contributed by atoms with Crippen molar-refractivity contribution in [3.05, 3.63) is 87.8 Å². The van der Waals surface area contributed by atoms with Crippen LogP contribution in [0.5, 0.6) is 0 Å². The molecule has 1 atom stereocenters. The molecule has 3 heterocycles. The van der Waals surface area contributed by atoms with Crippen LogP contribution in [0.15, 0.2) is 65.2 Å². The molecule has 0 radical (unpaired) electrons. The number of alkyl halides is 3. The molecule has 1 unspecified atom stereocenters. The first-order valence-electron chi connectivity index (χ1n) is 10.1. The van der Waals surface area contributed by atoms with Crippen LogP contribution in [0.4, 0.5) is 23.4 Å². The quantitative estimate of drug-likeness (QED) is 0.330. The highest BCUT2D eigenvalue weighted by Gasteiger charge is 2.34. The van der Waals surface area contributed by atoms with E-state index in [9.17, 15) is 22.4 Å². The summed E-state index contributed by atoms with van der Waals surface area (Å²) in [4.78, 5) is 26.8.